The molecular weight excluding hydrogens is 358 g/mol. The fourth-order valence-electron chi connectivity index (χ4n) is 2.70. The molecule has 0 aliphatic carbocycles. The first-order valence-corrected chi connectivity index (χ1v) is 9.63. The maximum atomic E-state index is 12.2. The number of rotatable bonds is 9. The molecule has 3 N–H and O–H groups in total. The number of hydrogen-bond acceptors (Lipinski definition) is 6. The minimum atomic E-state index is -0.804. The van der Waals surface area contributed by atoms with Gasteiger partial charge in [0.15, 0.2) is 5.76 Å². The van der Waals surface area contributed by atoms with E-state index in [4.69, 9.17) is 9.26 Å². The van der Waals surface area contributed by atoms with Crippen molar-refractivity contribution >= 4 is 6.09 Å². The number of aromatic nitrogens is 1. The van der Waals surface area contributed by atoms with Crippen LogP contribution in [0.4, 0.5) is 4.79 Å². The molecule has 1 aromatic heterocycles. The van der Waals surface area contributed by atoms with Crippen LogP contribution < -0.4 is 10.6 Å². The van der Waals surface area contributed by atoms with E-state index < -0.39 is 23.8 Å². The quantitative estimate of drug-likeness (QED) is 0.610. The number of benzene rings is 1. The molecular formula is C21H31N3O4. The van der Waals surface area contributed by atoms with Gasteiger partial charge in [-0.15, -0.1) is 0 Å². The van der Waals surface area contributed by atoms with Crippen LogP contribution >= 0.6 is 0 Å². The van der Waals surface area contributed by atoms with E-state index in [2.05, 4.69) is 15.8 Å². The Labute approximate surface area is 166 Å². The summed E-state index contributed by atoms with van der Waals surface area (Å²) < 4.78 is 10.6. The average molecular weight is 389 g/mol. The smallest absolute Gasteiger partial charge is 0.407 e. The maximum Gasteiger partial charge on any atom is 0.407 e. The zero-order valence-electron chi connectivity index (χ0n) is 17.1. The summed E-state index contributed by atoms with van der Waals surface area (Å²) in [5, 5.41) is 20.6. The molecule has 28 heavy (non-hydrogen) atoms. The summed E-state index contributed by atoms with van der Waals surface area (Å²) in [6.07, 6.45) is -0.0485. The Bertz CT molecular complexity index is 725. The Morgan fingerprint density at radius 3 is 2.61 bits per heavy atom. The Morgan fingerprint density at radius 1 is 1.29 bits per heavy atom. The van der Waals surface area contributed by atoms with E-state index in [9.17, 15) is 9.90 Å². The van der Waals surface area contributed by atoms with E-state index in [0.717, 1.165) is 17.7 Å². The van der Waals surface area contributed by atoms with Crippen LogP contribution in [0.2, 0.25) is 0 Å². The molecule has 0 aliphatic heterocycles. The van der Waals surface area contributed by atoms with Crippen molar-refractivity contribution in [2.75, 3.05) is 6.54 Å². The van der Waals surface area contributed by atoms with E-state index in [1.807, 2.05) is 43.3 Å². The lowest BCUT2D eigenvalue weighted by molar-refractivity contribution is 0.0421. The number of carbonyl (C=O) groups is 1. The van der Waals surface area contributed by atoms with Gasteiger partial charge < -0.3 is 25.0 Å². The van der Waals surface area contributed by atoms with Crippen LogP contribution in [-0.2, 0) is 24.1 Å². The molecule has 1 amide bonds. The summed E-state index contributed by atoms with van der Waals surface area (Å²) in [5.74, 6) is 0.712. The topological polar surface area (TPSA) is 96.6 Å². The first-order chi connectivity index (χ1) is 13.3. The summed E-state index contributed by atoms with van der Waals surface area (Å²) in [7, 11) is 0. The summed E-state index contributed by atoms with van der Waals surface area (Å²) >= 11 is 0. The molecule has 0 bridgehead atoms. The molecule has 0 aliphatic rings. The minimum Gasteiger partial charge on any atom is -0.444 e. The summed E-state index contributed by atoms with van der Waals surface area (Å²) in [6, 6.07) is 11.1. The van der Waals surface area contributed by atoms with Gasteiger partial charge in [-0.2, -0.15) is 0 Å². The number of alkyl carbamates (subject to hydrolysis) is 1. The van der Waals surface area contributed by atoms with Crippen molar-refractivity contribution in [2.45, 2.75) is 64.8 Å². The van der Waals surface area contributed by atoms with Gasteiger partial charge in [0.05, 0.1) is 24.4 Å². The van der Waals surface area contributed by atoms with E-state index in [0.29, 0.717) is 18.7 Å². The van der Waals surface area contributed by atoms with Crippen LogP contribution in [0.3, 0.4) is 0 Å². The first-order valence-electron chi connectivity index (χ1n) is 9.63. The van der Waals surface area contributed by atoms with Gasteiger partial charge >= 0.3 is 6.09 Å². The lowest BCUT2D eigenvalue weighted by atomic mass is 10.0. The first kappa shape index (κ1) is 21.9. The van der Waals surface area contributed by atoms with Crippen molar-refractivity contribution in [1.29, 1.82) is 0 Å². The average Bonchev–Trinajstić information content (AvgIpc) is 3.08. The van der Waals surface area contributed by atoms with E-state index in [1.165, 1.54) is 0 Å². The number of aliphatic hydroxyl groups excluding tert-OH is 1. The molecule has 0 saturated heterocycles. The zero-order chi connectivity index (χ0) is 20.6. The van der Waals surface area contributed by atoms with Crippen LogP contribution in [-0.4, -0.2) is 40.6 Å². The number of carbonyl (C=O) groups excluding carboxylic acids is 1. The second kappa shape index (κ2) is 10.2. The summed E-state index contributed by atoms with van der Waals surface area (Å²) in [4.78, 5) is 12.2. The van der Waals surface area contributed by atoms with Gasteiger partial charge in [-0.05, 0) is 39.2 Å². The molecule has 0 fully saturated rings. The highest BCUT2D eigenvalue weighted by atomic mass is 16.6. The molecule has 2 aromatic rings. The highest BCUT2D eigenvalue weighted by molar-refractivity contribution is 5.68. The van der Waals surface area contributed by atoms with Crippen molar-refractivity contribution < 1.29 is 19.2 Å². The number of hydrogen-bond donors (Lipinski definition) is 3. The highest BCUT2D eigenvalue weighted by Crippen LogP contribution is 2.10. The van der Waals surface area contributed by atoms with Gasteiger partial charge in [-0.1, -0.05) is 42.4 Å². The van der Waals surface area contributed by atoms with Crippen LogP contribution in [0.1, 0.15) is 44.7 Å². The Balaban J connectivity index is 1.94. The Hall–Kier alpha value is -2.38. The van der Waals surface area contributed by atoms with Gasteiger partial charge in [-0.3, -0.25) is 0 Å². The number of nitrogens with one attached hydrogen (secondary N) is 2. The van der Waals surface area contributed by atoms with E-state index in [1.54, 1.807) is 20.8 Å². The number of amides is 1. The Morgan fingerprint density at radius 2 is 2.00 bits per heavy atom. The maximum absolute atomic E-state index is 12.2. The van der Waals surface area contributed by atoms with Crippen molar-refractivity contribution in [3.05, 3.63) is 53.4 Å². The van der Waals surface area contributed by atoms with Crippen LogP contribution in [0.15, 0.2) is 40.9 Å². The lowest BCUT2D eigenvalue weighted by Crippen LogP contribution is -2.49. The van der Waals surface area contributed by atoms with E-state index in [-0.39, 0.29) is 6.54 Å². The molecule has 0 radical (unpaired) electrons. The normalized spacial score (nSPS) is 13.8. The van der Waals surface area contributed by atoms with Crippen molar-refractivity contribution in [3.63, 3.8) is 0 Å². The van der Waals surface area contributed by atoms with Gasteiger partial charge in [0.25, 0.3) is 0 Å². The zero-order valence-corrected chi connectivity index (χ0v) is 17.1. The predicted molar refractivity (Wildman–Crippen MR) is 107 cm³/mol. The third-order valence-electron chi connectivity index (χ3n) is 4.09. The fraction of sp³-hybridized carbons (Fsp3) is 0.524. The molecule has 2 atom stereocenters. The number of aryl methyl sites for hydroxylation is 1. The standard InChI is InChI=1S/C21H31N3O4/c1-5-16-12-17(28-24-16)13-22-14-19(25)18(11-15-9-7-6-8-10-15)23-20(26)27-21(2,3)4/h6-10,12,18-19,22,25H,5,11,13-14H2,1-4H3,(H,23,26)/t18-,19+/m0/s1. The second-order valence-electron chi connectivity index (χ2n) is 7.78. The van der Waals surface area contributed by atoms with Crippen LogP contribution in [0.5, 0.6) is 0 Å². The number of aliphatic hydroxyl groups is 1. The Kier molecular flexibility index (Phi) is 8.02. The predicted octanol–water partition coefficient (Wildman–Crippen LogP) is 2.82. The number of nitrogens with zero attached hydrogens (tertiary/aromatic N) is 1. The third-order valence-corrected chi connectivity index (χ3v) is 4.09. The largest absolute Gasteiger partial charge is 0.444 e. The molecule has 1 heterocycles. The molecule has 0 saturated carbocycles. The van der Waals surface area contributed by atoms with Gasteiger partial charge in [0, 0.05) is 12.6 Å². The highest BCUT2D eigenvalue weighted by Gasteiger charge is 2.25. The SMILES string of the molecule is CCc1cc(CNC[C@@H](O)[C@H](Cc2ccccc2)NC(=O)OC(C)(C)C)on1. The molecule has 1 aromatic carbocycles. The van der Waals surface area contributed by atoms with Crippen molar-refractivity contribution in [2.24, 2.45) is 0 Å². The van der Waals surface area contributed by atoms with Crippen LogP contribution in [0.25, 0.3) is 0 Å². The fourth-order valence-corrected chi connectivity index (χ4v) is 2.70. The summed E-state index contributed by atoms with van der Waals surface area (Å²) in [6.45, 7) is 8.16. The molecule has 7 nitrogen and oxygen atoms in total. The molecule has 2 rings (SSSR count). The van der Waals surface area contributed by atoms with E-state index >= 15 is 0 Å². The van der Waals surface area contributed by atoms with Gasteiger partial charge in [0.2, 0.25) is 0 Å². The molecule has 0 spiro atoms. The molecule has 154 valence electrons. The number of ether oxygens (including phenoxy) is 1. The lowest BCUT2D eigenvalue weighted by Gasteiger charge is -2.27. The molecule has 7 heteroatoms. The van der Waals surface area contributed by atoms with Gasteiger partial charge in [-0.25, -0.2) is 4.79 Å². The summed E-state index contributed by atoms with van der Waals surface area (Å²) in [5.41, 5.74) is 1.31. The third kappa shape index (κ3) is 7.70. The molecule has 0 unspecified atom stereocenters. The monoisotopic (exact) mass is 389 g/mol. The van der Waals surface area contributed by atoms with Crippen LogP contribution in [0, 0.1) is 0 Å². The second-order valence-corrected chi connectivity index (χ2v) is 7.78. The van der Waals surface area contributed by atoms with Gasteiger partial charge in [0.1, 0.15) is 5.60 Å². The van der Waals surface area contributed by atoms with Crippen molar-refractivity contribution in [3.8, 4) is 0 Å². The minimum absolute atomic E-state index is 0.287. The van der Waals surface area contributed by atoms with Crippen molar-refractivity contribution in [1.82, 2.24) is 15.8 Å².